The number of nitrogens with one attached hydrogen (secondary N) is 1. The second kappa shape index (κ2) is 6.15. The Hall–Kier alpha value is -2.14. The molecule has 19 heavy (non-hydrogen) atoms. The van der Waals surface area contributed by atoms with Crippen molar-refractivity contribution in [3.8, 4) is 0 Å². The van der Waals surface area contributed by atoms with Crippen LogP contribution in [0.4, 0.5) is 0 Å². The van der Waals surface area contributed by atoms with Gasteiger partial charge in [0.1, 0.15) is 0 Å². The zero-order valence-electron chi connectivity index (χ0n) is 10.5. The molecule has 1 aliphatic rings. The number of aliphatic carboxylic acids is 1. The van der Waals surface area contributed by atoms with Gasteiger partial charge in [0.2, 0.25) is 5.91 Å². The minimum absolute atomic E-state index is 0.0623. The number of nitrogens with zero attached hydrogens (tertiary/aromatic N) is 1. The van der Waals surface area contributed by atoms with Crippen molar-refractivity contribution in [3.63, 3.8) is 0 Å². The Morgan fingerprint density at radius 3 is 2.74 bits per heavy atom. The van der Waals surface area contributed by atoms with Gasteiger partial charge in [-0.05, 0) is 17.2 Å². The van der Waals surface area contributed by atoms with Gasteiger partial charge in [-0.2, -0.15) is 0 Å². The second-order valence-electron chi connectivity index (χ2n) is 4.47. The smallest absolute Gasteiger partial charge is 0.328 e. The summed E-state index contributed by atoms with van der Waals surface area (Å²) in [5.41, 5.74) is 1.96. The zero-order chi connectivity index (χ0) is 13.7. The number of hydrogen-bond acceptors (Lipinski definition) is 3. The van der Waals surface area contributed by atoms with Crippen LogP contribution < -0.4 is 5.32 Å². The minimum Gasteiger partial charge on any atom is -0.478 e. The highest BCUT2D eigenvalue weighted by atomic mass is 16.4. The van der Waals surface area contributed by atoms with Gasteiger partial charge in [0, 0.05) is 25.7 Å². The number of benzene rings is 1. The molecule has 0 atom stereocenters. The summed E-state index contributed by atoms with van der Waals surface area (Å²) in [7, 11) is 0. The van der Waals surface area contributed by atoms with Gasteiger partial charge in [-0.3, -0.25) is 9.69 Å². The predicted octanol–water partition coefficient (Wildman–Crippen LogP) is 0.716. The molecule has 1 saturated heterocycles. The summed E-state index contributed by atoms with van der Waals surface area (Å²) in [4.78, 5) is 23.7. The minimum atomic E-state index is -0.955. The number of carboxylic acid groups (broad SMARTS) is 1. The van der Waals surface area contributed by atoms with E-state index in [1.165, 1.54) is 0 Å². The molecule has 1 aromatic carbocycles. The van der Waals surface area contributed by atoms with Crippen molar-refractivity contribution >= 4 is 18.0 Å². The maximum absolute atomic E-state index is 11.2. The summed E-state index contributed by atoms with van der Waals surface area (Å²) >= 11 is 0. The van der Waals surface area contributed by atoms with Crippen LogP contribution in [0.1, 0.15) is 11.1 Å². The lowest BCUT2D eigenvalue weighted by molar-refractivity contribution is -0.131. The maximum atomic E-state index is 11.2. The largest absolute Gasteiger partial charge is 0.478 e. The lowest BCUT2D eigenvalue weighted by Crippen LogP contribution is -2.47. The van der Waals surface area contributed by atoms with Crippen LogP contribution in [-0.4, -0.2) is 41.5 Å². The molecule has 5 nitrogen and oxygen atoms in total. The van der Waals surface area contributed by atoms with E-state index < -0.39 is 5.97 Å². The molecule has 0 aliphatic carbocycles. The molecule has 5 heteroatoms. The molecule has 1 fully saturated rings. The first-order valence-corrected chi connectivity index (χ1v) is 6.12. The van der Waals surface area contributed by atoms with Gasteiger partial charge in [-0.25, -0.2) is 4.79 Å². The van der Waals surface area contributed by atoms with E-state index in [2.05, 4.69) is 10.2 Å². The fourth-order valence-corrected chi connectivity index (χ4v) is 1.99. The van der Waals surface area contributed by atoms with E-state index in [-0.39, 0.29) is 5.91 Å². The molecule has 1 aromatic rings. The summed E-state index contributed by atoms with van der Waals surface area (Å²) < 4.78 is 0. The maximum Gasteiger partial charge on any atom is 0.328 e. The first-order valence-electron chi connectivity index (χ1n) is 6.12. The highest BCUT2D eigenvalue weighted by Gasteiger charge is 2.15. The number of hydrogen-bond donors (Lipinski definition) is 2. The van der Waals surface area contributed by atoms with Gasteiger partial charge >= 0.3 is 5.97 Å². The topological polar surface area (TPSA) is 69.6 Å². The van der Waals surface area contributed by atoms with E-state index in [0.29, 0.717) is 13.1 Å². The van der Waals surface area contributed by atoms with Crippen molar-refractivity contribution < 1.29 is 14.7 Å². The molecule has 0 aromatic heterocycles. The molecule has 2 rings (SSSR count). The fourth-order valence-electron chi connectivity index (χ4n) is 1.99. The molecular weight excluding hydrogens is 244 g/mol. The van der Waals surface area contributed by atoms with E-state index >= 15 is 0 Å². The molecule has 1 aliphatic heterocycles. The molecule has 0 unspecified atom stereocenters. The van der Waals surface area contributed by atoms with Gasteiger partial charge in [0.05, 0.1) is 6.54 Å². The summed E-state index contributed by atoms with van der Waals surface area (Å²) in [6.45, 7) is 2.71. The Bertz CT molecular complexity index is 494. The molecular formula is C14H16N2O3. The average Bonchev–Trinajstić information content (AvgIpc) is 2.38. The molecule has 0 bridgehead atoms. The Labute approximate surface area is 111 Å². The van der Waals surface area contributed by atoms with Gasteiger partial charge in [-0.15, -0.1) is 0 Å². The van der Waals surface area contributed by atoms with Crippen molar-refractivity contribution in [1.29, 1.82) is 0 Å². The molecule has 0 saturated carbocycles. The summed E-state index contributed by atoms with van der Waals surface area (Å²) in [6, 6.07) is 7.65. The van der Waals surface area contributed by atoms with Crippen LogP contribution in [-0.2, 0) is 16.1 Å². The predicted molar refractivity (Wildman–Crippen MR) is 71.4 cm³/mol. The van der Waals surface area contributed by atoms with Crippen molar-refractivity contribution in [2.24, 2.45) is 0 Å². The summed E-state index contributed by atoms with van der Waals surface area (Å²) in [5, 5.41) is 11.3. The van der Waals surface area contributed by atoms with E-state index in [1.54, 1.807) is 6.08 Å². The highest BCUT2D eigenvalue weighted by Crippen LogP contribution is 2.09. The van der Waals surface area contributed by atoms with Crippen LogP contribution in [0.5, 0.6) is 0 Å². The van der Waals surface area contributed by atoms with Crippen molar-refractivity contribution in [2.75, 3.05) is 19.6 Å². The third-order valence-electron chi connectivity index (χ3n) is 2.92. The van der Waals surface area contributed by atoms with E-state index in [4.69, 9.17) is 5.11 Å². The van der Waals surface area contributed by atoms with Crippen LogP contribution in [0, 0.1) is 0 Å². The molecule has 1 heterocycles. The number of piperazine rings is 1. The van der Waals surface area contributed by atoms with Crippen LogP contribution in [0.25, 0.3) is 6.08 Å². The van der Waals surface area contributed by atoms with Crippen LogP contribution in [0.15, 0.2) is 30.3 Å². The third-order valence-corrected chi connectivity index (χ3v) is 2.92. The lowest BCUT2D eigenvalue weighted by Gasteiger charge is -2.26. The van der Waals surface area contributed by atoms with Crippen LogP contribution in [0.3, 0.4) is 0 Å². The van der Waals surface area contributed by atoms with E-state index in [1.807, 2.05) is 24.3 Å². The van der Waals surface area contributed by atoms with Crippen molar-refractivity contribution in [1.82, 2.24) is 10.2 Å². The van der Waals surface area contributed by atoms with Gasteiger partial charge in [0.15, 0.2) is 0 Å². The van der Waals surface area contributed by atoms with Gasteiger partial charge in [-0.1, -0.05) is 24.3 Å². The fraction of sp³-hybridized carbons (Fsp3) is 0.286. The number of carboxylic acids is 1. The zero-order valence-corrected chi connectivity index (χ0v) is 10.5. The Morgan fingerprint density at radius 2 is 2.11 bits per heavy atom. The number of rotatable bonds is 4. The molecule has 100 valence electrons. The van der Waals surface area contributed by atoms with Crippen LogP contribution >= 0.6 is 0 Å². The standard InChI is InChI=1S/C14H16N2O3/c17-13-10-16(8-7-15-13)9-12-3-1-11(2-4-12)5-6-14(18)19/h1-6H,7-10H2,(H,15,17)(H,18,19). The molecule has 1 amide bonds. The Balaban J connectivity index is 1.94. The Kier molecular flexibility index (Phi) is 4.30. The van der Waals surface area contributed by atoms with Gasteiger partial charge in [0.25, 0.3) is 0 Å². The Morgan fingerprint density at radius 1 is 1.37 bits per heavy atom. The van der Waals surface area contributed by atoms with Crippen LogP contribution in [0.2, 0.25) is 0 Å². The van der Waals surface area contributed by atoms with Crippen molar-refractivity contribution in [2.45, 2.75) is 6.54 Å². The van der Waals surface area contributed by atoms with E-state index in [9.17, 15) is 9.59 Å². The first kappa shape index (κ1) is 13.3. The average molecular weight is 260 g/mol. The quantitative estimate of drug-likeness (QED) is 0.782. The van der Waals surface area contributed by atoms with Gasteiger partial charge < -0.3 is 10.4 Å². The summed E-state index contributed by atoms with van der Waals surface area (Å²) in [6.07, 6.45) is 2.67. The molecule has 0 spiro atoms. The number of carbonyl (C=O) groups is 2. The normalized spacial score (nSPS) is 16.5. The molecule has 0 radical (unpaired) electrons. The third kappa shape index (κ3) is 4.22. The second-order valence-corrected chi connectivity index (χ2v) is 4.47. The number of carbonyl (C=O) groups excluding carboxylic acids is 1. The highest BCUT2D eigenvalue weighted by molar-refractivity contribution is 5.85. The monoisotopic (exact) mass is 260 g/mol. The number of amides is 1. The molecule has 2 N–H and O–H groups in total. The summed E-state index contributed by atoms with van der Waals surface area (Å²) in [5.74, 6) is -0.893. The first-order chi connectivity index (χ1) is 9.13. The van der Waals surface area contributed by atoms with Crippen molar-refractivity contribution in [3.05, 3.63) is 41.5 Å². The SMILES string of the molecule is O=C(O)C=Cc1ccc(CN2CCNC(=O)C2)cc1. The van der Waals surface area contributed by atoms with E-state index in [0.717, 1.165) is 30.3 Å². The lowest BCUT2D eigenvalue weighted by atomic mass is 10.1.